The van der Waals surface area contributed by atoms with Crippen molar-refractivity contribution in [3.63, 3.8) is 0 Å². The maximum atomic E-state index is 14.2. The van der Waals surface area contributed by atoms with Gasteiger partial charge in [0.05, 0.1) is 6.04 Å². The zero-order valence-electron chi connectivity index (χ0n) is 25.2. The number of likely N-dealkylation sites (tertiary alicyclic amines) is 1. The zero-order chi connectivity index (χ0) is 31.2. The predicted octanol–water partition coefficient (Wildman–Crippen LogP) is 6.13. The Bertz CT molecular complexity index is 1060. The summed E-state index contributed by atoms with van der Waals surface area (Å²) in [5, 5.41) is 2.81. The van der Waals surface area contributed by atoms with Crippen molar-refractivity contribution in [3.05, 3.63) is 25.3 Å². The average Bonchev–Trinajstić information content (AvgIpc) is 3.24. The van der Waals surface area contributed by atoms with E-state index < -0.39 is 51.5 Å². The highest BCUT2D eigenvalue weighted by molar-refractivity contribution is 6.51. The molecule has 3 aliphatic rings. The topological polar surface area (TPSA) is 110 Å². The number of hydrogen-bond acceptors (Lipinski definition) is 6. The number of carbonyl (C=O) groups is 5. The molecule has 3 fully saturated rings. The van der Waals surface area contributed by atoms with Gasteiger partial charge in [-0.15, -0.1) is 36.4 Å². The lowest BCUT2D eigenvalue weighted by Crippen LogP contribution is -2.57. The molecule has 3 rings (SSSR count). The van der Waals surface area contributed by atoms with E-state index in [0.717, 1.165) is 32.1 Å². The number of nitrogens with one attached hydrogen (secondary N) is 1. The van der Waals surface area contributed by atoms with Crippen molar-refractivity contribution in [2.24, 2.45) is 23.7 Å². The van der Waals surface area contributed by atoms with Crippen LogP contribution in [0.1, 0.15) is 91.4 Å². The molecule has 42 heavy (non-hydrogen) atoms. The van der Waals surface area contributed by atoms with Crippen LogP contribution in [0.25, 0.3) is 0 Å². The van der Waals surface area contributed by atoms with Crippen LogP contribution in [-0.2, 0) is 23.9 Å². The molecule has 1 aliphatic heterocycles. The van der Waals surface area contributed by atoms with Crippen LogP contribution in [0.4, 0.5) is 4.79 Å². The molecule has 1 heterocycles. The van der Waals surface area contributed by atoms with Gasteiger partial charge in [-0.2, -0.15) is 0 Å². The summed E-state index contributed by atoms with van der Waals surface area (Å²) in [6, 6.07) is -1.81. The largest absolute Gasteiger partial charge is 0.444 e. The number of amides is 2. The van der Waals surface area contributed by atoms with Gasteiger partial charge >= 0.3 is 6.09 Å². The molecule has 5 atom stereocenters. The summed E-state index contributed by atoms with van der Waals surface area (Å²) < 4.78 is 4.31. The van der Waals surface area contributed by atoms with Crippen molar-refractivity contribution in [3.8, 4) is 0 Å². The minimum atomic E-state index is -1.16. The van der Waals surface area contributed by atoms with Gasteiger partial charge in [0.2, 0.25) is 11.7 Å². The second kappa shape index (κ2) is 14.5. The average molecular weight is 626 g/mol. The van der Waals surface area contributed by atoms with E-state index in [1.165, 1.54) is 4.90 Å². The van der Waals surface area contributed by atoms with Crippen LogP contribution in [0.5, 0.6) is 0 Å². The Morgan fingerprint density at radius 1 is 1.05 bits per heavy atom. The van der Waals surface area contributed by atoms with Gasteiger partial charge in [0.15, 0.2) is 11.6 Å². The Hall–Kier alpha value is -2.19. The Labute approximate surface area is 259 Å². The Morgan fingerprint density at radius 2 is 1.69 bits per heavy atom. The number of Topliss-reactive ketones (excluding diaryl/α,β-unsaturated/α-hetero) is 3. The third kappa shape index (κ3) is 8.46. The summed E-state index contributed by atoms with van der Waals surface area (Å²) in [5.74, 6) is -3.50. The normalized spacial score (nSPS) is 24.6. The first-order valence-electron chi connectivity index (χ1n) is 15.2. The van der Waals surface area contributed by atoms with Crippen molar-refractivity contribution in [1.29, 1.82) is 0 Å². The highest BCUT2D eigenvalue weighted by atomic mass is 35.5. The minimum absolute atomic E-state index is 0.0915. The summed E-state index contributed by atoms with van der Waals surface area (Å²) >= 11 is 13.1. The molecule has 0 aromatic heterocycles. The van der Waals surface area contributed by atoms with Gasteiger partial charge in [0.25, 0.3) is 0 Å². The Morgan fingerprint density at radius 3 is 2.29 bits per heavy atom. The second-order valence-electron chi connectivity index (χ2n) is 13.0. The highest BCUT2D eigenvalue weighted by Gasteiger charge is 2.73. The number of allylic oxidation sites excluding steroid dienone is 2. The second-order valence-corrected chi connectivity index (χ2v) is 14.4. The monoisotopic (exact) mass is 624 g/mol. The predicted molar refractivity (Wildman–Crippen MR) is 163 cm³/mol. The van der Waals surface area contributed by atoms with Crippen LogP contribution in [0, 0.1) is 23.7 Å². The van der Waals surface area contributed by atoms with E-state index in [0.29, 0.717) is 25.7 Å². The van der Waals surface area contributed by atoms with E-state index >= 15 is 0 Å². The molecule has 10 heteroatoms. The molecule has 2 saturated carbocycles. The number of halogens is 2. The number of fused-ring (bicyclic) bond motifs is 1. The number of ether oxygens (including phenoxy) is 1. The van der Waals surface area contributed by atoms with E-state index in [1.807, 2.05) is 0 Å². The quantitative estimate of drug-likeness (QED) is 0.102. The number of alkyl halides is 2. The van der Waals surface area contributed by atoms with Crippen molar-refractivity contribution < 1.29 is 28.7 Å². The van der Waals surface area contributed by atoms with Crippen molar-refractivity contribution in [2.45, 2.75) is 113 Å². The Kier molecular flexibility index (Phi) is 11.9. The number of nitrogens with zero attached hydrogens (tertiary/aromatic N) is 1. The van der Waals surface area contributed by atoms with Crippen LogP contribution in [0.15, 0.2) is 25.3 Å². The number of hydrogen-bond donors (Lipinski definition) is 1. The molecule has 1 unspecified atom stereocenters. The molecule has 234 valence electrons. The van der Waals surface area contributed by atoms with Crippen molar-refractivity contribution in [2.75, 3.05) is 6.54 Å². The molecule has 2 amide bonds. The maximum Gasteiger partial charge on any atom is 0.408 e. The molecule has 1 N–H and O–H groups in total. The molecule has 0 aromatic rings. The fourth-order valence-corrected chi connectivity index (χ4v) is 7.26. The van der Waals surface area contributed by atoms with Crippen molar-refractivity contribution in [1.82, 2.24) is 10.2 Å². The zero-order valence-corrected chi connectivity index (χ0v) is 26.7. The number of rotatable bonds is 15. The fourth-order valence-electron chi connectivity index (χ4n) is 6.43. The summed E-state index contributed by atoms with van der Waals surface area (Å²) in [7, 11) is 0. The molecular formula is C32H46Cl2N2O6. The molecule has 2 aliphatic carbocycles. The molecule has 0 spiro atoms. The van der Waals surface area contributed by atoms with E-state index in [4.69, 9.17) is 27.9 Å². The first kappa shape index (κ1) is 34.3. The van der Waals surface area contributed by atoms with Gasteiger partial charge in [-0.05, 0) is 65.2 Å². The Balaban J connectivity index is 1.83. The first-order valence-corrected chi connectivity index (χ1v) is 16.0. The van der Waals surface area contributed by atoms with Crippen LogP contribution >= 0.6 is 23.2 Å². The fraction of sp³-hybridized carbons (Fsp3) is 0.719. The minimum Gasteiger partial charge on any atom is -0.444 e. The number of alkyl carbamates (subject to hydrolysis) is 1. The van der Waals surface area contributed by atoms with Gasteiger partial charge in [-0.3, -0.25) is 19.2 Å². The van der Waals surface area contributed by atoms with Crippen LogP contribution in [-0.4, -0.2) is 62.8 Å². The van der Waals surface area contributed by atoms with E-state index in [-0.39, 0.29) is 42.9 Å². The highest BCUT2D eigenvalue weighted by Crippen LogP contribution is 2.65. The number of piperidine rings is 1. The van der Waals surface area contributed by atoms with E-state index in [9.17, 15) is 24.0 Å². The molecule has 0 bridgehead atoms. The molecule has 8 nitrogen and oxygen atoms in total. The van der Waals surface area contributed by atoms with Gasteiger partial charge in [0.1, 0.15) is 16.0 Å². The summed E-state index contributed by atoms with van der Waals surface area (Å²) in [4.78, 5) is 68.2. The molecule has 1 saturated heterocycles. The standard InChI is InChI=1S/C32H46Cl2N2O6/c1-6-8-11-17-23(37)28(39)21(14-9-7-2)18-24(38)27-25-22(32(25,33)34)19-36(27)29(40)26(20-15-12-10-13-16-20)35-30(41)42-31(3,4)5/h6-7,20-22,25-27H,1-2,8-19H2,3-5H3,(H,35,41)/t21?,22-,25-,26-,27+/m0/s1. The van der Waals surface area contributed by atoms with Gasteiger partial charge < -0.3 is 15.0 Å². The maximum absolute atomic E-state index is 14.2. The lowest BCUT2D eigenvalue weighted by molar-refractivity contribution is -0.144. The molecular weight excluding hydrogens is 579 g/mol. The first-order chi connectivity index (χ1) is 19.7. The smallest absolute Gasteiger partial charge is 0.408 e. The molecule has 0 aromatic carbocycles. The lowest BCUT2D eigenvalue weighted by Gasteiger charge is -2.36. The van der Waals surface area contributed by atoms with Gasteiger partial charge in [0, 0.05) is 37.1 Å². The summed E-state index contributed by atoms with van der Waals surface area (Å²) in [6.07, 6.45) is 8.92. The van der Waals surface area contributed by atoms with Crippen LogP contribution in [0.3, 0.4) is 0 Å². The third-order valence-corrected chi connectivity index (χ3v) is 9.69. The summed E-state index contributed by atoms with van der Waals surface area (Å²) in [6.45, 7) is 12.8. The van der Waals surface area contributed by atoms with Crippen LogP contribution < -0.4 is 5.32 Å². The van der Waals surface area contributed by atoms with Gasteiger partial charge in [-0.25, -0.2) is 4.79 Å². The van der Waals surface area contributed by atoms with E-state index in [1.54, 1.807) is 32.9 Å². The number of ketones is 3. The SMILES string of the molecule is C=CCCCC(=O)C(=O)C(CCC=C)CC(=O)[C@@H]1[C@@H]2[C@H](CN1C(=O)[C@@H](NC(=O)OC(C)(C)C)C1CCCCC1)C2(Cl)Cl. The van der Waals surface area contributed by atoms with Gasteiger partial charge in [-0.1, -0.05) is 31.4 Å². The van der Waals surface area contributed by atoms with Crippen LogP contribution in [0.2, 0.25) is 0 Å². The van der Waals surface area contributed by atoms with Crippen molar-refractivity contribution >= 4 is 52.6 Å². The number of unbranched alkanes of at least 4 members (excludes halogenated alkanes) is 1. The third-order valence-electron chi connectivity index (χ3n) is 8.63. The van der Waals surface area contributed by atoms with E-state index in [2.05, 4.69) is 18.5 Å². The summed E-state index contributed by atoms with van der Waals surface area (Å²) in [5.41, 5.74) is -0.745. The molecule has 0 radical (unpaired) electrons. The number of carbonyl (C=O) groups excluding carboxylic acids is 5. The lowest BCUT2D eigenvalue weighted by atomic mass is 9.83.